The molecule has 0 saturated heterocycles. The largest absolute Gasteiger partial charge is 0.444 e. The van der Waals surface area contributed by atoms with Gasteiger partial charge in [-0.1, -0.05) is 20.8 Å². The van der Waals surface area contributed by atoms with Gasteiger partial charge >= 0.3 is 0 Å². The number of hydrogen-bond donors (Lipinski definition) is 2. The van der Waals surface area contributed by atoms with Crippen LogP contribution in [0.4, 0.5) is 0 Å². The van der Waals surface area contributed by atoms with Crippen LogP contribution in [-0.2, 0) is 11.3 Å². The first-order chi connectivity index (χ1) is 8.67. The van der Waals surface area contributed by atoms with Crippen molar-refractivity contribution in [3.05, 3.63) is 17.3 Å². The number of aryl methyl sites for hydroxylation is 2. The fraction of sp³-hybridized carbons (Fsp3) is 0.714. The second kappa shape index (κ2) is 6.19. The minimum Gasteiger partial charge on any atom is -0.444 e. The molecule has 0 fully saturated rings. The number of rotatable bonds is 5. The van der Waals surface area contributed by atoms with Gasteiger partial charge in [0.15, 0.2) is 0 Å². The van der Waals surface area contributed by atoms with Gasteiger partial charge < -0.3 is 15.5 Å². The highest BCUT2D eigenvalue weighted by Gasteiger charge is 2.18. The first-order valence-electron chi connectivity index (χ1n) is 6.62. The molecule has 1 aromatic heterocycles. The molecule has 0 radical (unpaired) electrons. The van der Waals surface area contributed by atoms with Crippen LogP contribution in [0.3, 0.4) is 0 Å². The van der Waals surface area contributed by atoms with Crippen LogP contribution in [0.2, 0.25) is 0 Å². The van der Waals surface area contributed by atoms with Crippen molar-refractivity contribution in [1.29, 1.82) is 0 Å². The second-order valence-electron chi connectivity index (χ2n) is 6.25. The van der Waals surface area contributed by atoms with Gasteiger partial charge in [-0.2, -0.15) is 0 Å². The molecule has 3 N–H and O–H groups in total. The zero-order valence-electron chi connectivity index (χ0n) is 12.5. The van der Waals surface area contributed by atoms with E-state index >= 15 is 0 Å². The first-order valence-corrected chi connectivity index (χ1v) is 6.62. The summed E-state index contributed by atoms with van der Waals surface area (Å²) < 4.78 is 5.39. The van der Waals surface area contributed by atoms with E-state index in [1.54, 1.807) is 0 Å². The summed E-state index contributed by atoms with van der Waals surface area (Å²) in [5.74, 6) is 1.26. The SMILES string of the molecule is Cc1nc(CNC(=O)CC(N)CC(C)(C)C)oc1C. The van der Waals surface area contributed by atoms with E-state index in [1.807, 2.05) is 13.8 Å². The second-order valence-corrected chi connectivity index (χ2v) is 6.25. The number of nitrogens with zero attached hydrogens (tertiary/aromatic N) is 1. The van der Waals surface area contributed by atoms with E-state index in [4.69, 9.17) is 10.2 Å². The molecule has 19 heavy (non-hydrogen) atoms. The Hall–Kier alpha value is -1.36. The third kappa shape index (κ3) is 5.87. The molecule has 0 saturated carbocycles. The minimum absolute atomic E-state index is 0.0646. The van der Waals surface area contributed by atoms with Gasteiger partial charge in [-0.05, 0) is 25.7 Å². The molecular weight excluding hydrogens is 242 g/mol. The summed E-state index contributed by atoms with van der Waals surface area (Å²) in [4.78, 5) is 16.0. The van der Waals surface area contributed by atoms with Crippen LogP contribution in [0.15, 0.2) is 4.42 Å². The van der Waals surface area contributed by atoms with E-state index in [2.05, 4.69) is 31.1 Å². The molecule has 1 rings (SSSR count). The van der Waals surface area contributed by atoms with Gasteiger partial charge in [-0.15, -0.1) is 0 Å². The molecule has 0 aliphatic carbocycles. The number of oxazole rings is 1. The van der Waals surface area contributed by atoms with Crippen molar-refractivity contribution in [3.63, 3.8) is 0 Å². The van der Waals surface area contributed by atoms with Crippen molar-refractivity contribution in [2.45, 2.75) is 60.0 Å². The van der Waals surface area contributed by atoms with Crippen molar-refractivity contribution in [2.24, 2.45) is 11.1 Å². The lowest BCUT2D eigenvalue weighted by Gasteiger charge is -2.22. The highest BCUT2D eigenvalue weighted by atomic mass is 16.4. The molecule has 5 heteroatoms. The van der Waals surface area contributed by atoms with Gasteiger partial charge in [-0.3, -0.25) is 4.79 Å². The Balaban J connectivity index is 2.35. The van der Waals surface area contributed by atoms with Crippen LogP contribution in [-0.4, -0.2) is 16.9 Å². The number of nitrogens with one attached hydrogen (secondary N) is 1. The lowest BCUT2D eigenvalue weighted by atomic mass is 9.87. The molecule has 0 aliphatic rings. The Bertz CT molecular complexity index is 413. The minimum atomic E-state index is -0.118. The fourth-order valence-electron chi connectivity index (χ4n) is 1.96. The van der Waals surface area contributed by atoms with Crippen LogP contribution in [0.1, 0.15) is 51.0 Å². The van der Waals surface area contributed by atoms with Gasteiger partial charge in [0.25, 0.3) is 0 Å². The molecule has 0 spiro atoms. The topological polar surface area (TPSA) is 81.2 Å². The highest BCUT2D eigenvalue weighted by Crippen LogP contribution is 2.20. The molecule has 0 aromatic carbocycles. The molecule has 1 amide bonds. The Morgan fingerprint density at radius 1 is 1.42 bits per heavy atom. The number of carbonyl (C=O) groups is 1. The zero-order chi connectivity index (χ0) is 14.6. The van der Waals surface area contributed by atoms with E-state index in [9.17, 15) is 4.79 Å². The lowest BCUT2D eigenvalue weighted by Crippen LogP contribution is -2.34. The first kappa shape index (κ1) is 15.7. The van der Waals surface area contributed by atoms with Crippen LogP contribution < -0.4 is 11.1 Å². The van der Waals surface area contributed by atoms with Crippen molar-refractivity contribution in [1.82, 2.24) is 10.3 Å². The van der Waals surface area contributed by atoms with Crippen molar-refractivity contribution in [3.8, 4) is 0 Å². The third-order valence-corrected chi connectivity index (χ3v) is 2.83. The standard InChI is InChI=1S/C14H25N3O2/c1-9-10(2)19-13(17-9)8-16-12(18)6-11(15)7-14(3,4)5/h11H,6-8,15H2,1-5H3,(H,16,18). The maximum Gasteiger partial charge on any atom is 0.221 e. The predicted octanol–water partition coefficient (Wildman–Crippen LogP) is 2.06. The summed E-state index contributed by atoms with van der Waals surface area (Å²) in [5.41, 5.74) is 6.95. The maximum atomic E-state index is 11.7. The van der Waals surface area contributed by atoms with Gasteiger partial charge in [0.1, 0.15) is 5.76 Å². The Labute approximate surface area is 115 Å². The molecule has 0 bridgehead atoms. The normalized spacial score (nSPS) is 13.4. The quantitative estimate of drug-likeness (QED) is 0.855. The van der Waals surface area contributed by atoms with Crippen molar-refractivity contribution >= 4 is 5.91 Å². The lowest BCUT2D eigenvalue weighted by molar-refractivity contribution is -0.121. The molecule has 5 nitrogen and oxygen atoms in total. The molecule has 0 aliphatic heterocycles. The summed E-state index contributed by atoms with van der Waals surface area (Å²) in [5, 5.41) is 2.78. The monoisotopic (exact) mass is 267 g/mol. The summed E-state index contributed by atoms with van der Waals surface area (Å²) in [6.45, 7) is 10.4. The van der Waals surface area contributed by atoms with E-state index in [0.29, 0.717) is 18.9 Å². The summed E-state index contributed by atoms with van der Waals surface area (Å²) in [6, 6.07) is -0.118. The molecule has 1 atom stereocenters. The van der Waals surface area contributed by atoms with E-state index in [-0.39, 0.29) is 17.4 Å². The Morgan fingerprint density at radius 3 is 2.53 bits per heavy atom. The van der Waals surface area contributed by atoms with E-state index < -0.39 is 0 Å². The van der Waals surface area contributed by atoms with Crippen LogP contribution >= 0.6 is 0 Å². The van der Waals surface area contributed by atoms with Crippen LogP contribution in [0, 0.1) is 19.3 Å². The number of nitrogens with two attached hydrogens (primary N) is 1. The zero-order valence-corrected chi connectivity index (χ0v) is 12.5. The predicted molar refractivity (Wildman–Crippen MR) is 74.5 cm³/mol. The average Bonchev–Trinajstić information content (AvgIpc) is 2.52. The summed E-state index contributed by atoms with van der Waals surface area (Å²) in [7, 11) is 0. The van der Waals surface area contributed by atoms with Gasteiger partial charge in [0, 0.05) is 12.5 Å². The van der Waals surface area contributed by atoms with Crippen molar-refractivity contribution < 1.29 is 9.21 Å². The number of amides is 1. The summed E-state index contributed by atoms with van der Waals surface area (Å²) >= 11 is 0. The Kier molecular flexibility index (Phi) is 5.11. The molecule has 1 heterocycles. The number of aromatic nitrogens is 1. The molecule has 1 aromatic rings. The van der Waals surface area contributed by atoms with Gasteiger partial charge in [-0.25, -0.2) is 4.98 Å². The third-order valence-electron chi connectivity index (χ3n) is 2.83. The van der Waals surface area contributed by atoms with Crippen LogP contribution in [0.5, 0.6) is 0 Å². The molecular formula is C14H25N3O2. The van der Waals surface area contributed by atoms with Gasteiger partial charge in [0.2, 0.25) is 11.8 Å². The van der Waals surface area contributed by atoms with Crippen molar-refractivity contribution in [2.75, 3.05) is 0 Å². The molecule has 108 valence electrons. The maximum absolute atomic E-state index is 11.7. The van der Waals surface area contributed by atoms with Gasteiger partial charge in [0.05, 0.1) is 12.2 Å². The molecule has 1 unspecified atom stereocenters. The smallest absolute Gasteiger partial charge is 0.221 e. The highest BCUT2D eigenvalue weighted by molar-refractivity contribution is 5.76. The van der Waals surface area contributed by atoms with Crippen LogP contribution in [0.25, 0.3) is 0 Å². The number of carbonyl (C=O) groups excluding carboxylic acids is 1. The van der Waals surface area contributed by atoms with E-state index in [1.165, 1.54) is 0 Å². The van der Waals surface area contributed by atoms with E-state index in [0.717, 1.165) is 17.9 Å². The fourth-order valence-corrected chi connectivity index (χ4v) is 1.96. The average molecular weight is 267 g/mol. The summed E-state index contributed by atoms with van der Waals surface area (Å²) in [6.07, 6.45) is 1.15. The number of hydrogen-bond acceptors (Lipinski definition) is 4. The Morgan fingerprint density at radius 2 is 2.05 bits per heavy atom.